The van der Waals surface area contributed by atoms with Gasteiger partial charge in [0.15, 0.2) is 0 Å². The normalized spacial score (nSPS) is 15.4. The molecular formula is C11H16O2. The summed E-state index contributed by atoms with van der Waals surface area (Å²) in [5.41, 5.74) is 1.93. The van der Waals surface area contributed by atoms with Crippen molar-refractivity contribution in [2.24, 2.45) is 0 Å². The van der Waals surface area contributed by atoms with Gasteiger partial charge >= 0.3 is 0 Å². The van der Waals surface area contributed by atoms with Crippen LogP contribution < -0.4 is 0 Å². The first-order chi connectivity index (χ1) is 6.15. The predicted molar refractivity (Wildman–Crippen MR) is 52.4 cm³/mol. The molecule has 1 aromatic carbocycles. The maximum Gasteiger partial charge on any atom is 0.105 e. The van der Waals surface area contributed by atoms with Crippen molar-refractivity contribution in [1.82, 2.24) is 0 Å². The van der Waals surface area contributed by atoms with Gasteiger partial charge in [-0.15, -0.1) is 0 Å². The third-order valence-electron chi connectivity index (χ3n) is 2.20. The lowest BCUT2D eigenvalue weighted by atomic mass is 10.0. The van der Waals surface area contributed by atoms with E-state index >= 15 is 0 Å². The molecule has 2 heteroatoms. The van der Waals surface area contributed by atoms with Crippen molar-refractivity contribution in [1.29, 1.82) is 0 Å². The van der Waals surface area contributed by atoms with Gasteiger partial charge in [-0.05, 0) is 18.9 Å². The molecule has 0 saturated carbocycles. The molecule has 0 spiro atoms. The average molecular weight is 180 g/mol. The molecule has 0 aliphatic carbocycles. The van der Waals surface area contributed by atoms with Gasteiger partial charge in [-0.3, -0.25) is 0 Å². The molecule has 0 fully saturated rings. The highest BCUT2D eigenvalue weighted by Gasteiger charge is 2.15. The molecule has 0 radical (unpaired) electrons. The third-order valence-corrected chi connectivity index (χ3v) is 2.20. The zero-order chi connectivity index (χ0) is 9.84. The van der Waals surface area contributed by atoms with Gasteiger partial charge in [0.05, 0.1) is 6.10 Å². The molecule has 2 nitrogen and oxygen atoms in total. The van der Waals surface area contributed by atoms with Crippen LogP contribution in [0.4, 0.5) is 0 Å². The molecular weight excluding hydrogens is 164 g/mol. The van der Waals surface area contributed by atoms with Gasteiger partial charge in [-0.25, -0.2) is 0 Å². The minimum Gasteiger partial charge on any atom is -0.390 e. The summed E-state index contributed by atoms with van der Waals surface area (Å²) in [4.78, 5) is 0. The molecule has 2 N–H and O–H groups in total. The van der Waals surface area contributed by atoms with E-state index in [9.17, 15) is 10.2 Å². The van der Waals surface area contributed by atoms with Crippen molar-refractivity contribution in [2.75, 3.05) is 0 Å². The topological polar surface area (TPSA) is 40.5 Å². The fraction of sp³-hybridized carbons (Fsp3) is 0.455. The van der Waals surface area contributed by atoms with E-state index in [4.69, 9.17) is 0 Å². The number of hydrogen-bond acceptors (Lipinski definition) is 2. The Bertz CT molecular complexity index is 253. The highest BCUT2D eigenvalue weighted by Crippen LogP contribution is 2.18. The Morgan fingerprint density at radius 3 is 2.15 bits per heavy atom. The SMILES string of the molecule is CC[C@H](O)[C@@H](O)c1ccc(C)cc1. The Morgan fingerprint density at radius 2 is 1.69 bits per heavy atom. The summed E-state index contributed by atoms with van der Waals surface area (Å²) < 4.78 is 0. The molecule has 72 valence electrons. The van der Waals surface area contributed by atoms with E-state index in [2.05, 4.69) is 0 Å². The zero-order valence-corrected chi connectivity index (χ0v) is 8.07. The van der Waals surface area contributed by atoms with E-state index in [1.807, 2.05) is 38.1 Å². The van der Waals surface area contributed by atoms with Crippen molar-refractivity contribution in [3.8, 4) is 0 Å². The predicted octanol–water partition coefficient (Wildman–Crippen LogP) is 1.80. The summed E-state index contributed by atoms with van der Waals surface area (Å²) in [5, 5.41) is 19.0. The highest BCUT2D eigenvalue weighted by atomic mass is 16.3. The van der Waals surface area contributed by atoms with Crippen LogP contribution in [0.5, 0.6) is 0 Å². The Labute approximate surface area is 78.8 Å². The molecule has 0 aliphatic rings. The van der Waals surface area contributed by atoms with E-state index < -0.39 is 12.2 Å². The molecule has 0 bridgehead atoms. The van der Waals surface area contributed by atoms with Crippen molar-refractivity contribution in [3.05, 3.63) is 35.4 Å². The Morgan fingerprint density at radius 1 is 1.15 bits per heavy atom. The molecule has 13 heavy (non-hydrogen) atoms. The Balaban J connectivity index is 2.77. The largest absolute Gasteiger partial charge is 0.390 e. The molecule has 0 saturated heterocycles. The van der Waals surface area contributed by atoms with Gasteiger partial charge in [0, 0.05) is 0 Å². The first kappa shape index (κ1) is 10.2. The standard InChI is InChI=1S/C11H16O2/c1-3-10(12)11(13)9-6-4-8(2)5-7-9/h4-7,10-13H,3H2,1-2H3/t10-,11-/m0/s1. The molecule has 0 amide bonds. The monoisotopic (exact) mass is 180 g/mol. The lowest BCUT2D eigenvalue weighted by Gasteiger charge is -2.16. The number of aliphatic hydroxyl groups excluding tert-OH is 2. The second-order valence-electron chi connectivity index (χ2n) is 3.33. The van der Waals surface area contributed by atoms with Gasteiger partial charge in [-0.2, -0.15) is 0 Å². The van der Waals surface area contributed by atoms with E-state index in [1.165, 1.54) is 0 Å². The summed E-state index contributed by atoms with van der Waals surface area (Å²) in [7, 11) is 0. The van der Waals surface area contributed by atoms with Crippen LogP contribution in [-0.2, 0) is 0 Å². The van der Waals surface area contributed by atoms with Crippen LogP contribution >= 0.6 is 0 Å². The van der Waals surface area contributed by atoms with Crippen LogP contribution in [0.15, 0.2) is 24.3 Å². The minimum absolute atomic E-state index is 0.565. The molecule has 2 atom stereocenters. The number of rotatable bonds is 3. The van der Waals surface area contributed by atoms with Crippen molar-refractivity contribution in [3.63, 3.8) is 0 Å². The Kier molecular flexibility index (Phi) is 3.46. The maximum absolute atomic E-state index is 9.63. The lowest BCUT2D eigenvalue weighted by molar-refractivity contribution is 0.0165. The van der Waals surface area contributed by atoms with E-state index in [1.54, 1.807) is 0 Å². The van der Waals surface area contributed by atoms with Crippen LogP contribution in [-0.4, -0.2) is 16.3 Å². The van der Waals surface area contributed by atoms with Gasteiger partial charge in [-0.1, -0.05) is 36.8 Å². The van der Waals surface area contributed by atoms with Gasteiger partial charge in [0.1, 0.15) is 6.10 Å². The summed E-state index contributed by atoms with van der Waals surface area (Å²) >= 11 is 0. The van der Waals surface area contributed by atoms with Crippen LogP contribution in [0.3, 0.4) is 0 Å². The van der Waals surface area contributed by atoms with Gasteiger partial charge in [0.25, 0.3) is 0 Å². The summed E-state index contributed by atoms with van der Waals surface area (Å²) in [6, 6.07) is 7.56. The summed E-state index contributed by atoms with van der Waals surface area (Å²) in [5.74, 6) is 0. The smallest absolute Gasteiger partial charge is 0.105 e. The quantitative estimate of drug-likeness (QED) is 0.744. The van der Waals surface area contributed by atoms with E-state index in [0.29, 0.717) is 6.42 Å². The molecule has 0 unspecified atom stereocenters. The van der Waals surface area contributed by atoms with E-state index in [-0.39, 0.29) is 0 Å². The number of aryl methyl sites for hydroxylation is 1. The van der Waals surface area contributed by atoms with Crippen LogP contribution in [0.2, 0.25) is 0 Å². The molecule has 0 aromatic heterocycles. The maximum atomic E-state index is 9.63. The molecule has 1 rings (SSSR count). The third kappa shape index (κ3) is 2.54. The average Bonchev–Trinajstić information content (AvgIpc) is 2.17. The van der Waals surface area contributed by atoms with Crippen LogP contribution in [0, 0.1) is 6.92 Å². The second-order valence-corrected chi connectivity index (χ2v) is 3.33. The molecule has 1 aromatic rings. The van der Waals surface area contributed by atoms with Crippen molar-refractivity contribution >= 4 is 0 Å². The summed E-state index contributed by atoms with van der Waals surface area (Å²) in [6.45, 7) is 3.84. The highest BCUT2D eigenvalue weighted by molar-refractivity contribution is 5.23. The molecule has 0 heterocycles. The zero-order valence-electron chi connectivity index (χ0n) is 8.07. The van der Waals surface area contributed by atoms with Gasteiger partial charge in [0.2, 0.25) is 0 Å². The minimum atomic E-state index is -0.759. The second kappa shape index (κ2) is 4.40. The molecule has 0 aliphatic heterocycles. The van der Waals surface area contributed by atoms with Crippen LogP contribution in [0.25, 0.3) is 0 Å². The fourth-order valence-corrected chi connectivity index (χ4v) is 1.21. The lowest BCUT2D eigenvalue weighted by Crippen LogP contribution is -2.16. The summed E-state index contributed by atoms with van der Waals surface area (Å²) in [6.07, 6.45) is -0.858. The number of benzene rings is 1. The number of hydrogen-bond donors (Lipinski definition) is 2. The van der Waals surface area contributed by atoms with E-state index in [0.717, 1.165) is 11.1 Å². The number of aliphatic hydroxyl groups is 2. The van der Waals surface area contributed by atoms with Crippen molar-refractivity contribution in [2.45, 2.75) is 32.5 Å². The fourth-order valence-electron chi connectivity index (χ4n) is 1.21. The van der Waals surface area contributed by atoms with Gasteiger partial charge < -0.3 is 10.2 Å². The van der Waals surface area contributed by atoms with Crippen LogP contribution in [0.1, 0.15) is 30.6 Å². The first-order valence-corrected chi connectivity index (χ1v) is 4.58. The van der Waals surface area contributed by atoms with Crippen molar-refractivity contribution < 1.29 is 10.2 Å². The Hall–Kier alpha value is -0.860. The first-order valence-electron chi connectivity index (χ1n) is 4.58.